The van der Waals surface area contributed by atoms with Gasteiger partial charge < -0.3 is 14.4 Å². The average molecular weight is 311 g/mol. The maximum Gasteiger partial charge on any atom is 0.228 e. The topological polar surface area (TPSA) is 51.7 Å². The Kier molecular flexibility index (Phi) is 4.60. The minimum Gasteiger partial charge on any atom is -0.489 e. The predicted molar refractivity (Wildman–Crippen MR) is 78.4 cm³/mol. The van der Waals surface area contributed by atoms with Gasteiger partial charge in [0, 0.05) is 51.0 Å². The normalized spacial score (nSPS) is 23.3. The van der Waals surface area contributed by atoms with E-state index in [0.717, 1.165) is 32.4 Å². The third-order valence-corrected chi connectivity index (χ3v) is 4.35. The number of hydrogen-bond acceptors (Lipinski definition) is 4. The molecule has 21 heavy (non-hydrogen) atoms. The number of carbonyl (C=O) groups is 1. The highest BCUT2D eigenvalue weighted by Crippen LogP contribution is 2.26. The minimum absolute atomic E-state index is 0.0529. The summed E-state index contributed by atoms with van der Waals surface area (Å²) in [5.41, 5.74) is 0. The van der Waals surface area contributed by atoms with Gasteiger partial charge in [-0.3, -0.25) is 9.78 Å². The van der Waals surface area contributed by atoms with Crippen molar-refractivity contribution in [3.63, 3.8) is 0 Å². The van der Waals surface area contributed by atoms with Crippen LogP contribution in [0.4, 0.5) is 0 Å². The molecule has 2 aliphatic rings. The molecule has 2 fully saturated rings. The molecule has 6 heteroatoms. The Morgan fingerprint density at radius 2 is 2.19 bits per heavy atom. The molecule has 3 rings (SSSR count). The summed E-state index contributed by atoms with van der Waals surface area (Å²) in [6.45, 7) is 2.75. The van der Waals surface area contributed by atoms with Crippen LogP contribution < -0.4 is 4.74 Å². The van der Waals surface area contributed by atoms with Crippen molar-refractivity contribution in [1.29, 1.82) is 0 Å². The molecule has 0 aliphatic carbocycles. The summed E-state index contributed by atoms with van der Waals surface area (Å²) in [6.07, 6.45) is 5.86. The summed E-state index contributed by atoms with van der Waals surface area (Å²) in [5.74, 6) is 0.950. The van der Waals surface area contributed by atoms with Crippen LogP contribution in [0.15, 0.2) is 18.5 Å². The molecule has 0 bridgehead atoms. The lowest BCUT2D eigenvalue weighted by atomic mass is 10.0. The number of piperidine rings is 1. The quantitative estimate of drug-likeness (QED) is 0.858. The van der Waals surface area contributed by atoms with E-state index in [4.69, 9.17) is 21.1 Å². The average Bonchev–Trinajstić information content (AvgIpc) is 3.04. The van der Waals surface area contributed by atoms with Gasteiger partial charge in [-0.25, -0.2) is 0 Å². The fourth-order valence-corrected chi connectivity index (χ4v) is 2.98. The monoisotopic (exact) mass is 310 g/mol. The van der Waals surface area contributed by atoms with Crippen LogP contribution in [0.3, 0.4) is 0 Å². The summed E-state index contributed by atoms with van der Waals surface area (Å²) in [5, 5.41) is 0.527. The Balaban J connectivity index is 1.51. The van der Waals surface area contributed by atoms with Gasteiger partial charge >= 0.3 is 0 Å². The van der Waals surface area contributed by atoms with Crippen molar-refractivity contribution in [3.8, 4) is 5.75 Å². The maximum atomic E-state index is 12.3. The van der Waals surface area contributed by atoms with E-state index in [-0.39, 0.29) is 17.9 Å². The molecule has 1 aromatic heterocycles. The standard InChI is InChI=1S/C15H19ClN2O3/c16-13-9-17-5-1-14(13)21-12-2-6-18(7-3-12)15(19)11-4-8-20-10-11/h1,5,9,11-12H,2-4,6-8,10H2. The van der Waals surface area contributed by atoms with Gasteiger partial charge in [-0.05, 0) is 6.42 Å². The van der Waals surface area contributed by atoms with Crippen molar-refractivity contribution >= 4 is 17.5 Å². The van der Waals surface area contributed by atoms with E-state index >= 15 is 0 Å². The van der Waals surface area contributed by atoms with Crippen LogP contribution in [0.1, 0.15) is 19.3 Å². The highest BCUT2D eigenvalue weighted by atomic mass is 35.5. The zero-order chi connectivity index (χ0) is 14.7. The van der Waals surface area contributed by atoms with Crippen LogP contribution in [0, 0.1) is 5.92 Å². The van der Waals surface area contributed by atoms with Gasteiger partial charge in [-0.2, -0.15) is 0 Å². The molecule has 114 valence electrons. The van der Waals surface area contributed by atoms with E-state index in [1.54, 1.807) is 18.5 Å². The second kappa shape index (κ2) is 6.62. The molecular formula is C15H19ClN2O3. The molecule has 0 spiro atoms. The lowest BCUT2D eigenvalue weighted by Gasteiger charge is -2.33. The number of halogens is 1. The van der Waals surface area contributed by atoms with Crippen molar-refractivity contribution in [2.75, 3.05) is 26.3 Å². The van der Waals surface area contributed by atoms with Crippen LogP contribution in [-0.4, -0.2) is 48.2 Å². The van der Waals surface area contributed by atoms with Crippen LogP contribution in [-0.2, 0) is 9.53 Å². The summed E-state index contributed by atoms with van der Waals surface area (Å²) < 4.78 is 11.2. The lowest BCUT2D eigenvalue weighted by Crippen LogP contribution is -2.44. The zero-order valence-corrected chi connectivity index (χ0v) is 12.6. The molecule has 5 nitrogen and oxygen atoms in total. The highest BCUT2D eigenvalue weighted by molar-refractivity contribution is 6.31. The number of amides is 1. The molecule has 0 saturated carbocycles. The first-order valence-corrected chi connectivity index (χ1v) is 7.74. The summed E-state index contributed by atoms with van der Waals surface area (Å²) in [7, 11) is 0. The van der Waals surface area contributed by atoms with E-state index in [1.807, 2.05) is 4.90 Å². The SMILES string of the molecule is O=C(C1CCOC1)N1CCC(Oc2ccncc2Cl)CC1. The molecule has 1 amide bonds. The smallest absolute Gasteiger partial charge is 0.228 e. The molecule has 0 radical (unpaired) electrons. The molecule has 1 atom stereocenters. The van der Waals surface area contributed by atoms with Gasteiger partial charge in [0.1, 0.15) is 16.9 Å². The highest BCUT2D eigenvalue weighted by Gasteiger charge is 2.31. The van der Waals surface area contributed by atoms with Gasteiger partial charge in [0.25, 0.3) is 0 Å². The summed E-state index contributed by atoms with van der Waals surface area (Å²) in [6, 6.07) is 1.77. The van der Waals surface area contributed by atoms with E-state index in [9.17, 15) is 4.79 Å². The van der Waals surface area contributed by atoms with Crippen LogP contribution in [0.5, 0.6) is 5.75 Å². The number of rotatable bonds is 3. The summed E-state index contributed by atoms with van der Waals surface area (Å²) in [4.78, 5) is 18.2. The number of hydrogen-bond donors (Lipinski definition) is 0. The number of nitrogens with zero attached hydrogens (tertiary/aromatic N) is 2. The van der Waals surface area contributed by atoms with E-state index in [0.29, 0.717) is 24.0 Å². The van der Waals surface area contributed by atoms with Crippen LogP contribution in [0.2, 0.25) is 5.02 Å². The van der Waals surface area contributed by atoms with Crippen LogP contribution >= 0.6 is 11.6 Å². The molecule has 0 N–H and O–H groups in total. The van der Waals surface area contributed by atoms with Crippen molar-refractivity contribution in [1.82, 2.24) is 9.88 Å². The molecule has 2 saturated heterocycles. The number of pyridine rings is 1. The van der Waals surface area contributed by atoms with Crippen molar-refractivity contribution in [2.45, 2.75) is 25.4 Å². The third kappa shape index (κ3) is 3.47. The van der Waals surface area contributed by atoms with Crippen molar-refractivity contribution in [3.05, 3.63) is 23.5 Å². The van der Waals surface area contributed by atoms with E-state index in [1.165, 1.54) is 0 Å². The molecule has 1 aromatic rings. The molecule has 2 aliphatic heterocycles. The molecule has 1 unspecified atom stereocenters. The first-order valence-electron chi connectivity index (χ1n) is 7.37. The molecular weight excluding hydrogens is 292 g/mol. The Morgan fingerprint density at radius 3 is 2.86 bits per heavy atom. The van der Waals surface area contributed by atoms with E-state index in [2.05, 4.69) is 4.98 Å². The number of ether oxygens (including phenoxy) is 2. The second-order valence-corrected chi connectivity index (χ2v) is 5.92. The number of carbonyl (C=O) groups excluding carboxylic acids is 1. The van der Waals surface area contributed by atoms with Gasteiger partial charge in [-0.15, -0.1) is 0 Å². The number of likely N-dealkylation sites (tertiary alicyclic amines) is 1. The van der Waals surface area contributed by atoms with Gasteiger partial charge in [-0.1, -0.05) is 11.6 Å². The minimum atomic E-state index is 0.0529. The first-order chi connectivity index (χ1) is 10.2. The Bertz CT molecular complexity index is 497. The van der Waals surface area contributed by atoms with Gasteiger partial charge in [0.15, 0.2) is 0 Å². The largest absolute Gasteiger partial charge is 0.489 e. The zero-order valence-electron chi connectivity index (χ0n) is 11.8. The van der Waals surface area contributed by atoms with E-state index < -0.39 is 0 Å². The van der Waals surface area contributed by atoms with Crippen LogP contribution in [0.25, 0.3) is 0 Å². The van der Waals surface area contributed by atoms with Gasteiger partial charge in [0.05, 0.1) is 12.5 Å². The Morgan fingerprint density at radius 1 is 1.38 bits per heavy atom. The lowest BCUT2D eigenvalue weighted by molar-refractivity contribution is -0.137. The third-order valence-electron chi connectivity index (χ3n) is 4.06. The molecule has 3 heterocycles. The number of aromatic nitrogens is 1. The van der Waals surface area contributed by atoms with Crippen molar-refractivity contribution in [2.24, 2.45) is 5.92 Å². The summed E-state index contributed by atoms with van der Waals surface area (Å²) >= 11 is 6.04. The van der Waals surface area contributed by atoms with Crippen molar-refractivity contribution < 1.29 is 14.3 Å². The maximum absolute atomic E-state index is 12.3. The fraction of sp³-hybridized carbons (Fsp3) is 0.600. The molecule has 0 aromatic carbocycles. The Hall–Kier alpha value is -1.33. The first kappa shape index (κ1) is 14.6. The van der Waals surface area contributed by atoms with Gasteiger partial charge in [0.2, 0.25) is 5.91 Å². The Labute approximate surface area is 129 Å². The fourth-order valence-electron chi connectivity index (χ4n) is 2.82. The second-order valence-electron chi connectivity index (χ2n) is 5.51. The predicted octanol–water partition coefficient (Wildman–Crippen LogP) is 2.14.